The van der Waals surface area contributed by atoms with Crippen LogP contribution in [-0.2, 0) is 14.3 Å². The van der Waals surface area contributed by atoms with Gasteiger partial charge < -0.3 is 14.5 Å². The molecule has 1 aliphatic heterocycles. The number of esters is 1. The van der Waals surface area contributed by atoms with Crippen LogP contribution in [0.3, 0.4) is 0 Å². The van der Waals surface area contributed by atoms with Crippen LogP contribution in [0, 0.1) is 0 Å². The third-order valence-electron chi connectivity index (χ3n) is 3.56. The molecular weight excluding hydrogens is 258 g/mol. The Morgan fingerprint density at radius 2 is 1.75 bits per heavy atom. The summed E-state index contributed by atoms with van der Waals surface area (Å²) in [5.41, 5.74) is 0. The van der Waals surface area contributed by atoms with Gasteiger partial charge in [0, 0.05) is 32.2 Å². The zero-order valence-electron chi connectivity index (χ0n) is 13.1. The predicted octanol–water partition coefficient (Wildman–Crippen LogP) is 0.0339. The monoisotopic (exact) mass is 285 g/mol. The number of hydrogen-bond acceptors (Lipinski definition) is 5. The third-order valence-corrected chi connectivity index (χ3v) is 3.56. The van der Waals surface area contributed by atoms with Crippen LogP contribution < -0.4 is 0 Å². The van der Waals surface area contributed by atoms with Gasteiger partial charge in [-0.3, -0.25) is 14.5 Å². The lowest BCUT2D eigenvalue weighted by Crippen LogP contribution is -2.51. The van der Waals surface area contributed by atoms with E-state index in [1.165, 1.54) is 0 Å². The molecule has 0 bridgehead atoms. The van der Waals surface area contributed by atoms with Gasteiger partial charge in [-0.2, -0.15) is 0 Å². The molecule has 1 amide bonds. The molecule has 0 aromatic carbocycles. The average molecular weight is 285 g/mol. The normalized spacial score (nSPS) is 16.8. The molecular formula is C14H27N3O3. The predicted molar refractivity (Wildman–Crippen MR) is 77.4 cm³/mol. The number of carbonyl (C=O) groups is 2. The number of rotatable bonds is 6. The molecule has 1 fully saturated rings. The van der Waals surface area contributed by atoms with Crippen LogP contribution in [-0.4, -0.2) is 85.5 Å². The Labute approximate surface area is 121 Å². The Hall–Kier alpha value is -1.14. The summed E-state index contributed by atoms with van der Waals surface area (Å²) in [5.74, 6) is -0.177. The standard InChI is InChI=1S/C14H27N3O3/c1-5-20-14(19)11-17(12(2)3)10-13(18)16-8-6-15(4)7-9-16/h12H,5-11H2,1-4H3. The van der Waals surface area contributed by atoms with E-state index in [0.717, 1.165) is 26.2 Å². The van der Waals surface area contributed by atoms with Crippen molar-refractivity contribution in [2.24, 2.45) is 0 Å². The fraction of sp³-hybridized carbons (Fsp3) is 0.857. The van der Waals surface area contributed by atoms with E-state index in [1.807, 2.05) is 23.6 Å². The molecule has 0 radical (unpaired) electrons. The molecule has 6 heteroatoms. The second kappa shape index (κ2) is 8.21. The fourth-order valence-electron chi connectivity index (χ4n) is 2.12. The maximum Gasteiger partial charge on any atom is 0.320 e. The van der Waals surface area contributed by atoms with Crippen LogP contribution in [0.4, 0.5) is 0 Å². The quantitative estimate of drug-likeness (QED) is 0.645. The molecule has 0 unspecified atom stereocenters. The molecule has 0 aromatic heterocycles. The average Bonchev–Trinajstić information content (AvgIpc) is 2.38. The van der Waals surface area contributed by atoms with Gasteiger partial charge in [0.05, 0.1) is 19.7 Å². The van der Waals surface area contributed by atoms with Gasteiger partial charge in [0.25, 0.3) is 0 Å². The van der Waals surface area contributed by atoms with Gasteiger partial charge in [0.2, 0.25) is 5.91 Å². The minimum absolute atomic E-state index is 0.0936. The minimum atomic E-state index is -0.271. The summed E-state index contributed by atoms with van der Waals surface area (Å²) in [4.78, 5) is 29.8. The van der Waals surface area contributed by atoms with Crippen molar-refractivity contribution < 1.29 is 14.3 Å². The summed E-state index contributed by atoms with van der Waals surface area (Å²) < 4.78 is 4.95. The van der Waals surface area contributed by atoms with Crippen LogP contribution >= 0.6 is 0 Å². The Kier molecular flexibility index (Phi) is 6.95. The molecule has 0 N–H and O–H groups in total. The van der Waals surface area contributed by atoms with E-state index in [4.69, 9.17) is 4.74 Å². The molecule has 20 heavy (non-hydrogen) atoms. The fourth-order valence-corrected chi connectivity index (χ4v) is 2.12. The molecule has 1 aliphatic rings. The molecule has 1 heterocycles. The second-order valence-corrected chi connectivity index (χ2v) is 5.49. The summed E-state index contributed by atoms with van der Waals surface area (Å²) in [6, 6.07) is 0.135. The summed E-state index contributed by atoms with van der Waals surface area (Å²) in [6.07, 6.45) is 0. The van der Waals surface area contributed by atoms with E-state index < -0.39 is 0 Å². The highest BCUT2D eigenvalue weighted by atomic mass is 16.5. The first-order chi connectivity index (χ1) is 9.43. The summed E-state index contributed by atoms with van der Waals surface area (Å²) in [5, 5.41) is 0. The van der Waals surface area contributed by atoms with Gasteiger partial charge in [-0.25, -0.2) is 0 Å². The summed E-state index contributed by atoms with van der Waals surface area (Å²) in [6.45, 7) is 9.92. The molecule has 0 aromatic rings. The maximum atomic E-state index is 12.3. The highest BCUT2D eigenvalue weighted by molar-refractivity contribution is 5.79. The van der Waals surface area contributed by atoms with E-state index in [1.54, 1.807) is 6.92 Å². The first-order valence-electron chi connectivity index (χ1n) is 7.30. The number of amides is 1. The molecule has 0 spiro atoms. The van der Waals surface area contributed by atoms with Crippen LogP contribution in [0.2, 0.25) is 0 Å². The van der Waals surface area contributed by atoms with Crippen molar-refractivity contribution in [1.82, 2.24) is 14.7 Å². The second-order valence-electron chi connectivity index (χ2n) is 5.49. The number of carbonyl (C=O) groups excluding carboxylic acids is 2. The van der Waals surface area contributed by atoms with Gasteiger partial charge in [-0.05, 0) is 27.8 Å². The van der Waals surface area contributed by atoms with Crippen molar-refractivity contribution in [2.45, 2.75) is 26.8 Å². The zero-order chi connectivity index (χ0) is 15.1. The van der Waals surface area contributed by atoms with E-state index in [2.05, 4.69) is 11.9 Å². The van der Waals surface area contributed by atoms with Crippen LogP contribution in [0.15, 0.2) is 0 Å². The lowest BCUT2D eigenvalue weighted by molar-refractivity contribution is -0.146. The van der Waals surface area contributed by atoms with Crippen molar-refractivity contribution in [1.29, 1.82) is 0 Å². The maximum absolute atomic E-state index is 12.3. The number of ether oxygens (including phenoxy) is 1. The van der Waals surface area contributed by atoms with Crippen molar-refractivity contribution in [3.63, 3.8) is 0 Å². The highest BCUT2D eigenvalue weighted by Crippen LogP contribution is 2.04. The molecule has 0 atom stereocenters. The SMILES string of the molecule is CCOC(=O)CN(CC(=O)N1CCN(C)CC1)C(C)C. The van der Waals surface area contributed by atoms with Crippen molar-refractivity contribution >= 4 is 11.9 Å². The van der Waals surface area contributed by atoms with Gasteiger partial charge in [0.15, 0.2) is 0 Å². The van der Waals surface area contributed by atoms with Gasteiger partial charge in [0.1, 0.15) is 0 Å². The first-order valence-corrected chi connectivity index (χ1v) is 7.30. The molecule has 1 rings (SSSR count). The van der Waals surface area contributed by atoms with Crippen LogP contribution in [0.1, 0.15) is 20.8 Å². The number of piperazine rings is 1. The Morgan fingerprint density at radius 1 is 1.15 bits per heavy atom. The first kappa shape index (κ1) is 16.9. The van der Waals surface area contributed by atoms with E-state index in [9.17, 15) is 9.59 Å². The summed E-state index contributed by atoms with van der Waals surface area (Å²) >= 11 is 0. The van der Waals surface area contributed by atoms with Crippen molar-refractivity contribution in [3.05, 3.63) is 0 Å². The smallest absolute Gasteiger partial charge is 0.320 e. The largest absolute Gasteiger partial charge is 0.465 e. The van der Waals surface area contributed by atoms with E-state index in [-0.39, 0.29) is 31.0 Å². The Bertz CT molecular complexity index is 326. The van der Waals surface area contributed by atoms with Crippen molar-refractivity contribution in [2.75, 3.05) is 52.9 Å². The lowest BCUT2D eigenvalue weighted by atomic mass is 10.2. The number of nitrogens with zero attached hydrogens (tertiary/aromatic N) is 3. The van der Waals surface area contributed by atoms with Crippen molar-refractivity contribution in [3.8, 4) is 0 Å². The Balaban J connectivity index is 2.48. The van der Waals surface area contributed by atoms with Gasteiger partial charge >= 0.3 is 5.97 Å². The van der Waals surface area contributed by atoms with Gasteiger partial charge in [-0.1, -0.05) is 0 Å². The molecule has 0 aliphatic carbocycles. The lowest BCUT2D eigenvalue weighted by Gasteiger charge is -2.34. The zero-order valence-corrected chi connectivity index (χ0v) is 13.1. The van der Waals surface area contributed by atoms with Crippen LogP contribution in [0.5, 0.6) is 0 Å². The topological polar surface area (TPSA) is 53.1 Å². The molecule has 116 valence electrons. The Morgan fingerprint density at radius 3 is 2.25 bits per heavy atom. The van der Waals surface area contributed by atoms with Crippen LogP contribution in [0.25, 0.3) is 0 Å². The number of likely N-dealkylation sites (N-methyl/N-ethyl adjacent to an activating group) is 1. The number of hydrogen-bond donors (Lipinski definition) is 0. The minimum Gasteiger partial charge on any atom is -0.465 e. The van der Waals surface area contributed by atoms with E-state index in [0.29, 0.717) is 6.61 Å². The molecule has 1 saturated heterocycles. The van der Waals surface area contributed by atoms with Gasteiger partial charge in [-0.15, -0.1) is 0 Å². The van der Waals surface area contributed by atoms with E-state index >= 15 is 0 Å². The molecule has 6 nitrogen and oxygen atoms in total. The summed E-state index contributed by atoms with van der Waals surface area (Å²) in [7, 11) is 2.06. The third kappa shape index (κ3) is 5.46. The highest BCUT2D eigenvalue weighted by Gasteiger charge is 2.23. The molecule has 0 saturated carbocycles.